The van der Waals surface area contributed by atoms with Crippen LogP contribution in [0.1, 0.15) is 28.5 Å². The van der Waals surface area contributed by atoms with Gasteiger partial charge in [-0.1, -0.05) is 6.07 Å². The molecule has 0 radical (unpaired) electrons. The molecule has 0 saturated heterocycles. The summed E-state index contributed by atoms with van der Waals surface area (Å²) in [4.78, 5) is 18.9. The molecule has 1 aromatic carbocycles. The second-order valence-electron chi connectivity index (χ2n) is 5.95. The van der Waals surface area contributed by atoms with Crippen LogP contribution in [0, 0.1) is 6.92 Å². The molecule has 1 aliphatic rings. The Morgan fingerprint density at radius 1 is 1.28 bits per heavy atom. The molecule has 4 rings (SSSR count). The fourth-order valence-corrected chi connectivity index (χ4v) is 2.91. The Bertz CT molecular complexity index is 951. The standard InChI is InChI=1S/C18H18N4O3/c1-3-22(9-12-4-5-15-16(6-12)25-10-24-15)18(23)13-7-14-11(2)20-21-17(14)19-8-13/h4-8H,3,9-10H2,1-2H3,(H,19,20,21). The molecule has 1 N–H and O–H groups in total. The zero-order valence-electron chi connectivity index (χ0n) is 14.1. The van der Waals surface area contributed by atoms with Crippen molar-refractivity contribution < 1.29 is 14.3 Å². The molecule has 1 aliphatic heterocycles. The summed E-state index contributed by atoms with van der Waals surface area (Å²) in [5, 5.41) is 7.85. The maximum atomic E-state index is 12.9. The normalized spacial score (nSPS) is 12.6. The Kier molecular flexibility index (Phi) is 3.76. The van der Waals surface area contributed by atoms with Crippen LogP contribution in [0.25, 0.3) is 11.0 Å². The number of hydrogen-bond acceptors (Lipinski definition) is 5. The van der Waals surface area contributed by atoms with Crippen molar-refractivity contribution in [3.8, 4) is 11.5 Å². The number of aromatic amines is 1. The van der Waals surface area contributed by atoms with Crippen molar-refractivity contribution in [3.05, 3.63) is 47.3 Å². The fourth-order valence-electron chi connectivity index (χ4n) is 2.91. The molecule has 0 spiro atoms. The molecular weight excluding hydrogens is 320 g/mol. The van der Waals surface area contributed by atoms with Crippen LogP contribution in [0.15, 0.2) is 30.5 Å². The minimum atomic E-state index is -0.0600. The van der Waals surface area contributed by atoms with E-state index < -0.39 is 0 Å². The summed E-state index contributed by atoms with van der Waals surface area (Å²) < 4.78 is 10.7. The number of pyridine rings is 1. The molecule has 1 amide bonds. The van der Waals surface area contributed by atoms with Crippen LogP contribution in [0.5, 0.6) is 11.5 Å². The Balaban J connectivity index is 1.58. The average Bonchev–Trinajstić information content (AvgIpc) is 3.25. The zero-order chi connectivity index (χ0) is 17.4. The third kappa shape index (κ3) is 2.77. The van der Waals surface area contributed by atoms with Gasteiger partial charge < -0.3 is 14.4 Å². The van der Waals surface area contributed by atoms with Gasteiger partial charge in [-0.15, -0.1) is 0 Å². The summed E-state index contributed by atoms with van der Waals surface area (Å²) in [5.41, 5.74) is 3.07. The van der Waals surface area contributed by atoms with Gasteiger partial charge >= 0.3 is 0 Å². The first-order chi connectivity index (χ1) is 12.2. The molecule has 0 unspecified atom stereocenters. The highest BCUT2D eigenvalue weighted by Crippen LogP contribution is 2.32. The average molecular weight is 338 g/mol. The van der Waals surface area contributed by atoms with Crippen LogP contribution < -0.4 is 9.47 Å². The van der Waals surface area contributed by atoms with Crippen LogP contribution in [0.3, 0.4) is 0 Å². The van der Waals surface area contributed by atoms with Gasteiger partial charge in [0.1, 0.15) is 0 Å². The lowest BCUT2D eigenvalue weighted by Gasteiger charge is -2.21. The van der Waals surface area contributed by atoms with E-state index in [0.717, 1.165) is 28.1 Å². The lowest BCUT2D eigenvalue weighted by atomic mass is 10.1. The Morgan fingerprint density at radius 2 is 2.12 bits per heavy atom. The molecule has 25 heavy (non-hydrogen) atoms. The van der Waals surface area contributed by atoms with Gasteiger partial charge in [0.2, 0.25) is 6.79 Å². The first-order valence-electron chi connectivity index (χ1n) is 8.14. The third-order valence-electron chi connectivity index (χ3n) is 4.33. The molecule has 0 bridgehead atoms. The number of H-pyrrole nitrogens is 1. The number of rotatable bonds is 4. The summed E-state index contributed by atoms with van der Waals surface area (Å²) in [6.45, 7) is 5.20. The van der Waals surface area contributed by atoms with Crippen molar-refractivity contribution in [3.63, 3.8) is 0 Å². The maximum Gasteiger partial charge on any atom is 0.255 e. The quantitative estimate of drug-likeness (QED) is 0.791. The van der Waals surface area contributed by atoms with Gasteiger partial charge in [0.25, 0.3) is 5.91 Å². The summed E-state index contributed by atoms with van der Waals surface area (Å²) in [6, 6.07) is 7.58. The predicted molar refractivity (Wildman–Crippen MR) is 91.6 cm³/mol. The third-order valence-corrected chi connectivity index (χ3v) is 4.33. The molecule has 3 heterocycles. The zero-order valence-corrected chi connectivity index (χ0v) is 14.1. The molecule has 0 fully saturated rings. The molecule has 0 aliphatic carbocycles. The van der Waals surface area contributed by atoms with Crippen LogP contribution in [-0.2, 0) is 6.54 Å². The number of benzene rings is 1. The second-order valence-corrected chi connectivity index (χ2v) is 5.95. The Morgan fingerprint density at radius 3 is 2.96 bits per heavy atom. The summed E-state index contributed by atoms with van der Waals surface area (Å²) in [6.07, 6.45) is 1.58. The molecule has 7 nitrogen and oxygen atoms in total. The molecular formula is C18H18N4O3. The van der Waals surface area contributed by atoms with Crippen molar-refractivity contribution >= 4 is 16.9 Å². The number of nitrogens with zero attached hydrogens (tertiary/aromatic N) is 3. The molecule has 3 aromatic rings. The SMILES string of the molecule is CCN(Cc1ccc2c(c1)OCO2)C(=O)c1cnc2n[nH]c(C)c2c1. The van der Waals surface area contributed by atoms with Gasteiger partial charge in [-0.2, -0.15) is 5.10 Å². The number of ether oxygens (including phenoxy) is 2. The van der Waals surface area contributed by atoms with Gasteiger partial charge in [0, 0.05) is 30.4 Å². The van der Waals surface area contributed by atoms with E-state index in [4.69, 9.17) is 9.47 Å². The van der Waals surface area contributed by atoms with Crippen molar-refractivity contribution in [1.29, 1.82) is 0 Å². The van der Waals surface area contributed by atoms with E-state index in [1.807, 2.05) is 38.1 Å². The number of fused-ring (bicyclic) bond motifs is 2. The highest BCUT2D eigenvalue weighted by atomic mass is 16.7. The van der Waals surface area contributed by atoms with Crippen LogP contribution in [0.4, 0.5) is 0 Å². The molecule has 2 aromatic heterocycles. The lowest BCUT2D eigenvalue weighted by Crippen LogP contribution is -2.30. The van der Waals surface area contributed by atoms with Gasteiger partial charge in [-0.05, 0) is 37.6 Å². The fraction of sp³-hybridized carbons (Fsp3) is 0.278. The monoisotopic (exact) mass is 338 g/mol. The van der Waals surface area contributed by atoms with Gasteiger partial charge in [-0.3, -0.25) is 9.89 Å². The Hall–Kier alpha value is -3.09. The van der Waals surface area contributed by atoms with Gasteiger partial charge in [0.15, 0.2) is 17.1 Å². The smallest absolute Gasteiger partial charge is 0.255 e. The van der Waals surface area contributed by atoms with E-state index in [-0.39, 0.29) is 12.7 Å². The summed E-state index contributed by atoms with van der Waals surface area (Å²) in [7, 11) is 0. The lowest BCUT2D eigenvalue weighted by molar-refractivity contribution is 0.0752. The predicted octanol–water partition coefficient (Wildman–Crippen LogP) is 2.66. The van der Waals surface area contributed by atoms with Crippen LogP contribution in [0.2, 0.25) is 0 Å². The molecule has 0 saturated carbocycles. The van der Waals surface area contributed by atoms with Crippen molar-refractivity contribution in [2.24, 2.45) is 0 Å². The van der Waals surface area contributed by atoms with Crippen molar-refractivity contribution in [2.75, 3.05) is 13.3 Å². The summed E-state index contributed by atoms with van der Waals surface area (Å²) >= 11 is 0. The number of hydrogen-bond donors (Lipinski definition) is 1. The van der Waals surface area contributed by atoms with Gasteiger partial charge in [-0.25, -0.2) is 4.98 Å². The van der Waals surface area contributed by atoms with Crippen molar-refractivity contribution in [2.45, 2.75) is 20.4 Å². The van der Waals surface area contributed by atoms with E-state index in [9.17, 15) is 4.79 Å². The number of aryl methyl sites for hydroxylation is 1. The maximum absolute atomic E-state index is 12.9. The molecule has 128 valence electrons. The Labute approximate surface area is 144 Å². The van der Waals surface area contributed by atoms with Crippen LogP contribution in [-0.4, -0.2) is 39.3 Å². The molecule has 7 heteroatoms. The highest BCUT2D eigenvalue weighted by molar-refractivity contribution is 5.97. The number of aromatic nitrogens is 3. The highest BCUT2D eigenvalue weighted by Gasteiger charge is 2.19. The van der Waals surface area contributed by atoms with Crippen LogP contribution >= 0.6 is 0 Å². The van der Waals surface area contributed by atoms with Gasteiger partial charge in [0.05, 0.1) is 5.56 Å². The van der Waals surface area contributed by atoms with E-state index in [0.29, 0.717) is 24.3 Å². The number of amides is 1. The van der Waals surface area contributed by atoms with Crippen molar-refractivity contribution in [1.82, 2.24) is 20.1 Å². The van der Waals surface area contributed by atoms with E-state index in [1.54, 1.807) is 11.1 Å². The minimum Gasteiger partial charge on any atom is -0.454 e. The second kappa shape index (κ2) is 6.08. The largest absolute Gasteiger partial charge is 0.454 e. The van der Waals surface area contributed by atoms with E-state index >= 15 is 0 Å². The van der Waals surface area contributed by atoms with E-state index in [2.05, 4.69) is 15.2 Å². The van der Waals surface area contributed by atoms with E-state index in [1.165, 1.54) is 0 Å². The number of carbonyl (C=O) groups is 1. The summed E-state index contributed by atoms with van der Waals surface area (Å²) in [5.74, 6) is 1.40. The minimum absolute atomic E-state index is 0.0600. The number of carbonyl (C=O) groups excluding carboxylic acids is 1. The first-order valence-corrected chi connectivity index (χ1v) is 8.14. The first kappa shape index (κ1) is 15.4. The molecule has 0 atom stereocenters. The number of nitrogens with one attached hydrogen (secondary N) is 1. The topological polar surface area (TPSA) is 80.3 Å².